The highest BCUT2D eigenvalue weighted by atomic mass is 16.6. The predicted octanol–water partition coefficient (Wildman–Crippen LogP) is 3.68. The van der Waals surface area contributed by atoms with Gasteiger partial charge in [-0.05, 0) is 50.9 Å². The van der Waals surface area contributed by atoms with E-state index in [1.807, 2.05) is 0 Å². The molecule has 4 rings (SSSR count). The number of fused-ring (bicyclic) bond motifs is 3. The van der Waals surface area contributed by atoms with Gasteiger partial charge in [-0.15, -0.1) is 0 Å². The summed E-state index contributed by atoms with van der Waals surface area (Å²) in [5.74, 6) is 0.294. The van der Waals surface area contributed by atoms with E-state index in [0.717, 1.165) is 38.7 Å². The second-order valence-electron chi connectivity index (χ2n) is 10.5. The highest BCUT2D eigenvalue weighted by Crippen LogP contribution is 2.65. The molecule has 27 heavy (non-hydrogen) atoms. The van der Waals surface area contributed by atoms with Gasteiger partial charge >= 0.3 is 5.97 Å². The van der Waals surface area contributed by atoms with Gasteiger partial charge in [0, 0.05) is 24.7 Å². The summed E-state index contributed by atoms with van der Waals surface area (Å²) in [5, 5.41) is 0. The van der Waals surface area contributed by atoms with E-state index in [1.165, 1.54) is 6.92 Å². The van der Waals surface area contributed by atoms with Gasteiger partial charge in [-0.1, -0.05) is 20.3 Å². The van der Waals surface area contributed by atoms with E-state index in [-0.39, 0.29) is 40.2 Å². The number of hydrogen-bond donors (Lipinski definition) is 0. The first kappa shape index (κ1) is 19.4. The molecule has 0 amide bonds. The highest BCUT2D eigenvalue weighted by molar-refractivity contribution is 5.85. The van der Waals surface area contributed by atoms with Crippen LogP contribution in [0.3, 0.4) is 0 Å². The minimum Gasteiger partial charge on any atom is -0.465 e. The molecule has 1 unspecified atom stereocenters. The second-order valence-corrected chi connectivity index (χ2v) is 10.5. The van der Waals surface area contributed by atoms with E-state index in [4.69, 9.17) is 14.2 Å². The Morgan fingerprint density at radius 3 is 2.48 bits per heavy atom. The van der Waals surface area contributed by atoms with Crippen LogP contribution in [-0.2, 0) is 23.8 Å². The number of ketones is 1. The Hall–Kier alpha value is -0.940. The molecule has 152 valence electrons. The molecular formula is C22H34O5. The van der Waals surface area contributed by atoms with E-state index in [9.17, 15) is 9.59 Å². The lowest BCUT2D eigenvalue weighted by Gasteiger charge is -2.64. The minimum atomic E-state index is -0.430. The van der Waals surface area contributed by atoms with Gasteiger partial charge in [0.2, 0.25) is 0 Å². The number of carbonyl (C=O) groups excluding carboxylic acids is 2. The standard InChI is InChI=1S/C22H34O5/c1-14(23)26-13-19(2)8-6-9-20(3)16-7-10-21(4,17-12-25-17)27-22(16,5)11-15(24)18(19)20/h16-18H,6-13H2,1-5H3/t16-,17?,18+,19-,20+,21-,22+/m1/s1. The van der Waals surface area contributed by atoms with E-state index in [2.05, 4.69) is 27.7 Å². The fraction of sp³-hybridized carbons (Fsp3) is 0.909. The van der Waals surface area contributed by atoms with Crippen LogP contribution in [0.2, 0.25) is 0 Å². The Balaban J connectivity index is 1.65. The minimum absolute atomic E-state index is 0.0682. The maximum atomic E-state index is 13.5. The van der Waals surface area contributed by atoms with Crippen molar-refractivity contribution in [3.63, 3.8) is 0 Å². The van der Waals surface area contributed by atoms with Gasteiger partial charge in [-0.2, -0.15) is 0 Å². The largest absolute Gasteiger partial charge is 0.465 e. The number of ether oxygens (including phenoxy) is 3. The molecule has 2 heterocycles. The van der Waals surface area contributed by atoms with E-state index < -0.39 is 5.60 Å². The molecule has 2 aliphatic heterocycles. The average Bonchev–Trinajstić information content (AvgIpc) is 3.36. The summed E-state index contributed by atoms with van der Waals surface area (Å²) in [4.78, 5) is 24.9. The fourth-order valence-electron chi connectivity index (χ4n) is 7.16. The highest BCUT2D eigenvalue weighted by Gasteiger charge is 2.67. The Labute approximate surface area is 162 Å². The van der Waals surface area contributed by atoms with E-state index in [0.29, 0.717) is 18.9 Å². The number of rotatable bonds is 3. The number of Topliss-reactive ketones (excluding diaryl/α,β-unsaturated/α-hetero) is 1. The molecule has 0 aromatic carbocycles. The van der Waals surface area contributed by atoms with Gasteiger partial charge < -0.3 is 14.2 Å². The van der Waals surface area contributed by atoms with Crippen molar-refractivity contribution in [1.29, 1.82) is 0 Å². The summed E-state index contributed by atoms with van der Waals surface area (Å²) in [7, 11) is 0. The van der Waals surface area contributed by atoms with Gasteiger partial charge in [0.05, 0.1) is 24.4 Å². The lowest BCUT2D eigenvalue weighted by Crippen LogP contribution is -2.67. The fourth-order valence-corrected chi connectivity index (χ4v) is 7.16. The molecule has 0 aromatic rings. The Kier molecular flexibility index (Phi) is 4.33. The summed E-state index contributed by atoms with van der Waals surface area (Å²) in [5.41, 5.74) is -1.09. The van der Waals surface area contributed by atoms with Crippen LogP contribution in [0, 0.1) is 22.7 Å². The maximum Gasteiger partial charge on any atom is 0.302 e. The molecule has 4 aliphatic rings. The Bertz CT molecular complexity index is 657. The third-order valence-corrected chi connectivity index (χ3v) is 8.22. The molecule has 0 bridgehead atoms. The van der Waals surface area contributed by atoms with Gasteiger partial charge in [0.25, 0.3) is 0 Å². The van der Waals surface area contributed by atoms with Crippen molar-refractivity contribution in [1.82, 2.24) is 0 Å². The van der Waals surface area contributed by atoms with Crippen molar-refractivity contribution in [2.45, 2.75) is 90.4 Å². The van der Waals surface area contributed by atoms with Crippen LogP contribution in [-0.4, -0.2) is 42.3 Å². The smallest absolute Gasteiger partial charge is 0.302 e. The first-order valence-electron chi connectivity index (χ1n) is 10.5. The number of carbonyl (C=O) groups is 2. The SMILES string of the molecule is CC(=O)OC[C@@]1(C)CCC[C@@]2(C)[C@H]3CC[C@](C)(C4CO4)O[C@@]3(C)CC(=O)[C@@H]12. The maximum absolute atomic E-state index is 13.5. The first-order chi connectivity index (χ1) is 12.5. The van der Waals surface area contributed by atoms with Crippen LogP contribution < -0.4 is 0 Å². The van der Waals surface area contributed by atoms with Crippen molar-refractivity contribution in [3.05, 3.63) is 0 Å². The van der Waals surface area contributed by atoms with Crippen LogP contribution in [0.5, 0.6) is 0 Å². The van der Waals surface area contributed by atoms with Crippen molar-refractivity contribution in [2.75, 3.05) is 13.2 Å². The zero-order valence-corrected chi connectivity index (χ0v) is 17.4. The lowest BCUT2D eigenvalue weighted by atomic mass is 9.43. The van der Waals surface area contributed by atoms with Crippen LogP contribution in [0.1, 0.15) is 73.1 Å². The molecule has 5 heteroatoms. The van der Waals surface area contributed by atoms with Crippen LogP contribution in [0.15, 0.2) is 0 Å². The quantitative estimate of drug-likeness (QED) is 0.554. The number of epoxide rings is 1. The molecule has 4 fully saturated rings. The molecule has 5 nitrogen and oxygen atoms in total. The number of hydrogen-bond acceptors (Lipinski definition) is 5. The lowest BCUT2D eigenvalue weighted by molar-refractivity contribution is -0.262. The molecule has 0 N–H and O–H groups in total. The van der Waals surface area contributed by atoms with Gasteiger partial charge in [0.15, 0.2) is 0 Å². The Morgan fingerprint density at radius 2 is 1.85 bits per heavy atom. The van der Waals surface area contributed by atoms with Crippen LogP contribution in [0.4, 0.5) is 0 Å². The summed E-state index contributed by atoms with van der Waals surface area (Å²) < 4.78 is 17.7. The van der Waals surface area contributed by atoms with Crippen LogP contribution >= 0.6 is 0 Å². The topological polar surface area (TPSA) is 65.1 Å². The second kappa shape index (κ2) is 6.03. The molecule has 0 aromatic heterocycles. The summed E-state index contributed by atoms with van der Waals surface area (Å²) in [6.07, 6.45) is 5.72. The zero-order chi connectivity index (χ0) is 19.7. The van der Waals surface area contributed by atoms with Gasteiger partial charge in [-0.25, -0.2) is 0 Å². The normalized spacial score (nSPS) is 51.9. The van der Waals surface area contributed by atoms with Crippen molar-refractivity contribution >= 4 is 11.8 Å². The average molecular weight is 379 g/mol. The summed E-state index contributed by atoms with van der Waals surface area (Å²) in [6.45, 7) is 11.3. The molecule has 0 spiro atoms. The molecule has 2 saturated carbocycles. The summed E-state index contributed by atoms with van der Waals surface area (Å²) >= 11 is 0. The number of esters is 1. The monoisotopic (exact) mass is 378 g/mol. The van der Waals surface area contributed by atoms with Gasteiger partial charge in [0.1, 0.15) is 11.9 Å². The third kappa shape index (κ3) is 2.96. The molecular weight excluding hydrogens is 344 g/mol. The van der Waals surface area contributed by atoms with Gasteiger partial charge in [-0.3, -0.25) is 9.59 Å². The van der Waals surface area contributed by atoms with Crippen LogP contribution in [0.25, 0.3) is 0 Å². The molecule has 7 atom stereocenters. The van der Waals surface area contributed by atoms with E-state index >= 15 is 0 Å². The Morgan fingerprint density at radius 1 is 1.15 bits per heavy atom. The van der Waals surface area contributed by atoms with E-state index in [1.54, 1.807) is 0 Å². The molecule has 2 saturated heterocycles. The third-order valence-electron chi connectivity index (χ3n) is 8.22. The summed E-state index contributed by atoms with van der Waals surface area (Å²) in [6, 6.07) is 0. The van der Waals surface area contributed by atoms with Crippen molar-refractivity contribution < 1.29 is 23.8 Å². The van der Waals surface area contributed by atoms with Crippen molar-refractivity contribution in [3.8, 4) is 0 Å². The predicted molar refractivity (Wildman–Crippen MR) is 100 cm³/mol. The van der Waals surface area contributed by atoms with Crippen molar-refractivity contribution in [2.24, 2.45) is 22.7 Å². The molecule has 2 aliphatic carbocycles. The first-order valence-corrected chi connectivity index (χ1v) is 10.5. The zero-order valence-electron chi connectivity index (χ0n) is 17.4. The molecule has 0 radical (unpaired) electrons.